The molecule has 0 spiro atoms. The Morgan fingerprint density at radius 3 is 2.25 bits per heavy atom. The lowest BCUT2D eigenvalue weighted by Crippen LogP contribution is -2.15. The van der Waals surface area contributed by atoms with Crippen LogP contribution in [0.4, 0.5) is 0 Å². The van der Waals surface area contributed by atoms with E-state index >= 15 is 0 Å². The first-order chi connectivity index (χ1) is 9.78. The summed E-state index contributed by atoms with van der Waals surface area (Å²) in [5.41, 5.74) is 1.08. The molecule has 0 radical (unpaired) electrons. The third-order valence-corrected chi connectivity index (χ3v) is 3.31. The second-order valence-corrected chi connectivity index (χ2v) is 4.73. The molecule has 0 atom stereocenters. The van der Waals surface area contributed by atoms with Gasteiger partial charge in [-0.2, -0.15) is 0 Å². The maximum atomic E-state index is 5.46. The highest BCUT2D eigenvalue weighted by Crippen LogP contribution is 2.39. The Bertz CT molecular complexity index is 394. The van der Waals surface area contributed by atoms with Crippen LogP contribution in [0.5, 0.6) is 17.2 Å². The summed E-state index contributed by atoms with van der Waals surface area (Å²) in [6.45, 7) is 4.02. The molecule has 0 saturated heterocycles. The normalized spacial score (nSPS) is 10.4. The van der Waals surface area contributed by atoms with E-state index in [-0.39, 0.29) is 0 Å². The van der Waals surface area contributed by atoms with Gasteiger partial charge in [-0.25, -0.2) is 0 Å². The summed E-state index contributed by atoms with van der Waals surface area (Å²) in [6, 6.07) is 3.93. The summed E-state index contributed by atoms with van der Waals surface area (Å²) < 4.78 is 16.1. The van der Waals surface area contributed by atoms with Crippen LogP contribution < -0.4 is 19.5 Å². The van der Waals surface area contributed by atoms with Crippen molar-refractivity contribution in [2.45, 2.75) is 39.2 Å². The van der Waals surface area contributed by atoms with Gasteiger partial charge in [0, 0.05) is 12.1 Å². The van der Waals surface area contributed by atoms with E-state index < -0.39 is 0 Å². The third-order valence-electron chi connectivity index (χ3n) is 3.31. The molecule has 0 bridgehead atoms. The van der Waals surface area contributed by atoms with E-state index in [0.717, 1.165) is 24.4 Å². The minimum Gasteiger partial charge on any atom is -0.493 e. The van der Waals surface area contributed by atoms with Crippen molar-refractivity contribution in [3.05, 3.63) is 17.7 Å². The molecule has 1 aromatic rings. The Morgan fingerprint density at radius 1 is 0.900 bits per heavy atom. The van der Waals surface area contributed by atoms with Crippen LogP contribution in [0.15, 0.2) is 12.1 Å². The van der Waals surface area contributed by atoms with Crippen LogP contribution in [-0.2, 0) is 6.54 Å². The fraction of sp³-hybridized carbons (Fsp3) is 0.625. The van der Waals surface area contributed by atoms with Crippen LogP contribution in [0.3, 0.4) is 0 Å². The first kappa shape index (κ1) is 16.6. The van der Waals surface area contributed by atoms with Gasteiger partial charge in [0.1, 0.15) is 0 Å². The quantitative estimate of drug-likeness (QED) is 0.667. The van der Waals surface area contributed by atoms with E-state index in [1.807, 2.05) is 12.1 Å². The van der Waals surface area contributed by atoms with Crippen LogP contribution in [0.25, 0.3) is 0 Å². The van der Waals surface area contributed by atoms with Gasteiger partial charge in [-0.05, 0) is 19.0 Å². The van der Waals surface area contributed by atoms with Crippen molar-refractivity contribution >= 4 is 0 Å². The molecule has 0 aliphatic rings. The number of unbranched alkanes of at least 4 members (excludes halogenated alkanes) is 3. The molecule has 1 rings (SSSR count). The third kappa shape index (κ3) is 4.60. The van der Waals surface area contributed by atoms with Crippen LogP contribution in [0.2, 0.25) is 0 Å². The highest BCUT2D eigenvalue weighted by Gasteiger charge is 2.15. The summed E-state index contributed by atoms with van der Waals surface area (Å²) in [5.74, 6) is 2.09. The molecule has 1 aromatic carbocycles. The molecule has 20 heavy (non-hydrogen) atoms. The minimum absolute atomic E-state index is 0.653. The number of nitrogens with one attached hydrogen (secondary N) is 1. The van der Waals surface area contributed by atoms with E-state index in [1.54, 1.807) is 21.3 Å². The van der Waals surface area contributed by atoms with Gasteiger partial charge < -0.3 is 19.5 Å². The van der Waals surface area contributed by atoms with Crippen molar-refractivity contribution in [1.29, 1.82) is 0 Å². The fourth-order valence-corrected chi connectivity index (χ4v) is 2.20. The largest absolute Gasteiger partial charge is 0.493 e. The first-order valence-corrected chi connectivity index (χ1v) is 7.27. The summed E-state index contributed by atoms with van der Waals surface area (Å²) in [5, 5.41) is 3.45. The van der Waals surface area contributed by atoms with Gasteiger partial charge >= 0.3 is 0 Å². The van der Waals surface area contributed by atoms with E-state index in [9.17, 15) is 0 Å². The van der Waals surface area contributed by atoms with Gasteiger partial charge in [0.25, 0.3) is 0 Å². The lowest BCUT2D eigenvalue weighted by Gasteiger charge is -2.16. The van der Waals surface area contributed by atoms with Crippen molar-refractivity contribution in [2.75, 3.05) is 27.9 Å². The van der Waals surface area contributed by atoms with Crippen LogP contribution >= 0.6 is 0 Å². The molecule has 0 amide bonds. The number of hydrogen-bond acceptors (Lipinski definition) is 4. The number of methoxy groups -OCH3 is 3. The van der Waals surface area contributed by atoms with Crippen LogP contribution in [-0.4, -0.2) is 27.9 Å². The van der Waals surface area contributed by atoms with Crippen LogP contribution in [0, 0.1) is 0 Å². The highest BCUT2D eigenvalue weighted by molar-refractivity contribution is 5.55. The minimum atomic E-state index is 0.653. The van der Waals surface area contributed by atoms with Crippen molar-refractivity contribution < 1.29 is 14.2 Å². The number of ether oxygens (including phenoxy) is 3. The molecule has 114 valence electrons. The Labute approximate surface area is 122 Å². The molecule has 0 heterocycles. The summed E-state index contributed by atoms with van der Waals surface area (Å²) >= 11 is 0. The van der Waals surface area contributed by atoms with Gasteiger partial charge in [0.05, 0.1) is 21.3 Å². The predicted molar refractivity (Wildman–Crippen MR) is 81.9 cm³/mol. The topological polar surface area (TPSA) is 39.7 Å². The van der Waals surface area contributed by atoms with Gasteiger partial charge in [-0.3, -0.25) is 0 Å². The molecule has 0 unspecified atom stereocenters. The molecule has 1 N–H and O–H groups in total. The van der Waals surface area contributed by atoms with E-state index in [0.29, 0.717) is 11.5 Å². The average Bonchev–Trinajstić information content (AvgIpc) is 2.49. The smallest absolute Gasteiger partial charge is 0.203 e. The molecular weight excluding hydrogens is 254 g/mol. The average molecular weight is 281 g/mol. The van der Waals surface area contributed by atoms with Gasteiger partial charge in [-0.1, -0.05) is 32.3 Å². The predicted octanol–water partition coefficient (Wildman–Crippen LogP) is 3.38. The fourth-order valence-electron chi connectivity index (χ4n) is 2.20. The molecule has 0 aliphatic heterocycles. The number of rotatable bonds is 10. The van der Waals surface area contributed by atoms with E-state index in [2.05, 4.69) is 12.2 Å². The maximum Gasteiger partial charge on any atom is 0.203 e. The van der Waals surface area contributed by atoms with Crippen molar-refractivity contribution in [3.63, 3.8) is 0 Å². The molecule has 0 aromatic heterocycles. The van der Waals surface area contributed by atoms with Gasteiger partial charge in [-0.15, -0.1) is 0 Å². The van der Waals surface area contributed by atoms with Crippen molar-refractivity contribution in [3.8, 4) is 17.2 Å². The molecule has 0 aliphatic carbocycles. The molecule has 0 fully saturated rings. The Morgan fingerprint density at radius 2 is 1.65 bits per heavy atom. The van der Waals surface area contributed by atoms with Gasteiger partial charge in [0.2, 0.25) is 5.75 Å². The molecule has 4 heteroatoms. The molecule has 4 nitrogen and oxygen atoms in total. The lowest BCUT2D eigenvalue weighted by molar-refractivity contribution is 0.321. The van der Waals surface area contributed by atoms with Crippen LogP contribution in [0.1, 0.15) is 38.2 Å². The Kier molecular flexibility index (Phi) is 7.88. The van der Waals surface area contributed by atoms with Crippen molar-refractivity contribution in [2.24, 2.45) is 0 Å². The second kappa shape index (κ2) is 9.48. The zero-order valence-corrected chi connectivity index (χ0v) is 13.1. The summed E-state index contributed by atoms with van der Waals surface area (Å²) in [4.78, 5) is 0. The lowest BCUT2D eigenvalue weighted by atomic mass is 10.1. The standard InChI is InChI=1S/C16H27NO3/c1-5-6-7-8-11-17-12-13-9-10-14(18-2)16(20-4)15(13)19-3/h9-10,17H,5-8,11-12H2,1-4H3. The summed E-state index contributed by atoms with van der Waals surface area (Å²) in [7, 11) is 4.91. The molecule has 0 saturated carbocycles. The van der Waals surface area contributed by atoms with E-state index in [4.69, 9.17) is 14.2 Å². The van der Waals surface area contributed by atoms with E-state index in [1.165, 1.54) is 25.7 Å². The zero-order valence-electron chi connectivity index (χ0n) is 13.1. The SMILES string of the molecule is CCCCCCNCc1ccc(OC)c(OC)c1OC. The zero-order chi connectivity index (χ0) is 14.8. The molecular formula is C16H27NO3. The number of benzene rings is 1. The number of hydrogen-bond donors (Lipinski definition) is 1. The maximum absolute atomic E-state index is 5.46. The van der Waals surface area contributed by atoms with Gasteiger partial charge in [0.15, 0.2) is 11.5 Å². The second-order valence-electron chi connectivity index (χ2n) is 4.73. The monoisotopic (exact) mass is 281 g/mol. The first-order valence-electron chi connectivity index (χ1n) is 7.27. The summed E-state index contributed by atoms with van der Waals surface area (Å²) in [6.07, 6.45) is 5.07. The Balaban J connectivity index is 2.61. The Hall–Kier alpha value is -1.42. The van der Waals surface area contributed by atoms with Crippen molar-refractivity contribution in [1.82, 2.24) is 5.32 Å². The highest BCUT2D eigenvalue weighted by atomic mass is 16.5.